The number of amides is 1. The van der Waals surface area contributed by atoms with Crippen LogP contribution in [0.2, 0.25) is 0 Å². The zero-order valence-electron chi connectivity index (χ0n) is 20.1. The molecule has 1 amide bonds. The predicted octanol–water partition coefficient (Wildman–Crippen LogP) is 3.61. The molecule has 1 fully saturated rings. The average molecular weight is 511 g/mol. The number of nitrogens with zero attached hydrogens (tertiary/aromatic N) is 1. The molecule has 1 heterocycles. The number of carbonyl (C=O) groups excluding carboxylic acids is 1. The van der Waals surface area contributed by atoms with Gasteiger partial charge in [-0.05, 0) is 65.6 Å². The van der Waals surface area contributed by atoms with Gasteiger partial charge in [-0.25, -0.2) is 22.9 Å². The zero-order chi connectivity index (χ0) is 24.9. The Morgan fingerprint density at radius 1 is 1.24 bits per heavy atom. The van der Waals surface area contributed by atoms with Gasteiger partial charge in [0, 0.05) is 35.8 Å². The smallest absolute Gasteiger partial charge is 0.404 e. The Morgan fingerprint density at radius 3 is 2.56 bits per heavy atom. The summed E-state index contributed by atoms with van der Waals surface area (Å²) in [5, 5.41) is 3.96. The van der Waals surface area contributed by atoms with Gasteiger partial charge in [-0.3, -0.25) is 0 Å². The molecule has 1 aliphatic rings. The summed E-state index contributed by atoms with van der Waals surface area (Å²) in [6.07, 6.45) is 3.98. The van der Waals surface area contributed by atoms with E-state index in [4.69, 9.17) is 15.2 Å². The van der Waals surface area contributed by atoms with Crippen molar-refractivity contribution in [3.05, 3.63) is 29.4 Å². The Balaban J connectivity index is 1.87. The average Bonchev–Trinajstić information content (AvgIpc) is 3.22. The minimum atomic E-state index is -3.81. The van der Waals surface area contributed by atoms with Gasteiger partial charge in [0.25, 0.3) is 0 Å². The summed E-state index contributed by atoms with van der Waals surface area (Å²) in [6.45, 7) is 6.49. The Morgan fingerprint density at radius 2 is 1.94 bits per heavy atom. The molecule has 188 valence electrons. The molecular weight excluding hydrogens is 476 g/mol. The molecule has 0 radical (unpaired) electrons. The van der Waals surface area contributed by atoms with E-state index in [0.717, 1.165) is 35.6 Å². The van der Waals surface area contributed by atoms with E-state index in [1.165, 1.54) is 11.3 Å². The summed E-state index contributed by atoms with van der Waals surface area (Å²) in [4.78, 5) is 16.6. The second-order valence-corrected chi connectivity index (χ2v) is 12.2. The first-order valence-corrected chi connectivity index (χ1v) is 13.7. The van der Waals surface area contributed by atoms with Crippen molar-refractivity contribution in [1.29, 1.82) is 0 Å². The maximum atomic E-state index is 13.3. The molecule has 11 heteroatoms. The van der Waals surface area contributed by atoms with Crippen LogP contribution in [0.5, 0.6) is 5.75 Å². The highest BCUT2D eigenvalue weighted by atomic mass is 32.2. The van der Waals surface area contributed by atoms with Gasteiger partial charge in [0.1, 0.15) is 18.5 Å². The van der Waals surface area contributed by atoms with Crippen LogP contribution in [0.25, 0.3) is 10.4 Å². The maximum Gasteiger partial charge on any atom is 0.404 e. The van der Waals surface area contributed by atoms with Crippen LogP contribution >= 0.6 is 11.3 Å². The minimum Gasteiger partial charge on any atom is -0.492 e. The zero-order valence-corrected chi connectivity index (χ0v) is 21.7. The van der Waals surface area contributed by atoms with Crippen LogP contribution in [-0.4, -0.2) is 51.3 Å². The second kappa shape index (κ2) is 11.0. The van der Waals surface area contributed by atoms with Crippen LogP contribution in [0.1, 0.15) is 57.4 Å². The third-order valence-electron chi connectivity index (χ3n) is 5.40. The fraction of sp³-hybridized carbons (Fsp3) is 0.565. The monoisotopic (exact) mass is 510 g/mol. The topological polar surface area (TPSA) is 133 Å². The number of carbonyl (C=O) groups is 1. The molecule has 1 aromatic heterocycles. The van der Waals surface area contributed by atoms with Crippen molar-refractivity contribution in [2.75, 3.05) is 20.2 Å². The van der Waals surface area contributed by atoms with E-state index in [2.05, 4.69) is 15.0 Å². The molecule has 3 rings (SSSR count). The third kappa shape index (κ3) is 7.14. The number of aromatic nitrogens is 1. The number of thiazole rings is 1. The Bertz CT molecular complexity index is 1090. The van der Waals surface area contributed by atoms with Crippen molar-refractivity contribution in [1.82, 2.24) is 15.0 Å². The highest BCUT2D eigenvalue weighted by Gasteiger charge is 2.29. The molecule has 1 saturated carbocycles. The van der Waals surface area contributed by atoms with Crippen LogP contribution in [0.4, 0.5) is 4.79 Å². The fourth-order valence-corrected chi connectivity index (χ4v) is 6.79. The molecule has 4 N–H and O–H groups in total. The number of nitrogens with one attached hydrogen (secondary N) is 2. The normalized spacial score (nSPS) is 19.1. The van der Waals surface area contributed by atoms with E-state index in [0.29, 0.717) is 24.5 Å². The van der Waals surface area contributed by atoms with E-state index in [1.54, 1.807) is 45.2 Å². The van der Waals surface area contributed by atoms with Crippen molar-refractivity contribution in [2.45, 2.75) is 68.9 Å². The first kappa shape index (κ1) is 26.4. The van der Waals surface area contributed by atoms with E-state index in [1.807, 2.05) is 7.05 Å². The molecule has 0 aliphatic heterocycles. The largest absolute Gasteiger partial charge is 0.492 e. The van der Waals surface area contributed by atoms with Crippen LogP contribution in [0.3, 0.4) is 0 Å². The van der Waals surface area contributed by atoms with E-state index < -0.39 is 21.7 Å². The number of primary amides is 1. The van der Waals surface area contributed by atoms with Gasteiger partial charge in [0.2, 0.25) is 10.0 Å². The summed E-state index contributed by atoms with van der Waals surface area (Å²) in [5.41, 5.74) is 5.09. The SMILES string of the molecule is CNCCOc1ccc(-c2cnc([C@H]3CC[C@H](OC(N)=O)CC3)s2)c(S(=O)(=O)NC(C)(C)C)c1. The summed E-state index contributed by atoms with van der Waals surface area (Å²) >= 11 is 1.50. The van der Waals surface area contributed by atoms with Crippen molar-refractivity contribution in [2.24, 2.45) is 5.73 Å². The van der Waals surface area contributed by atoms with Crippen LogP contribution in [0.15, 0.2) is 29.3 Å². The maximum absolute atomic E-state index is 13.3. The van der Waals surface area contributed by atoms with E-state index >= 15 is 0 Å². The summed E-state index contributed by atoms with van der Waals surface area (Å²) in [6, 6.07) is 5.14. The van der Waals surface area contributed by atoms with Crippen molar-refractivity contribution in [3.63, 3.8) is 0 Å². The van der Waals surface area contributed by atoms with Crippen LogP contribution in [0, 0.1) is 0 Å². The molecular formula is C23H34N4O5S2. The van der Waals surface area contributed by atoms with E-state index in [9.17, 15) is 13.2 Å². The number of benzene rings is 1. The summed E-state index contributed by atoms with van der Waals surface area (Å²) < 4.78 is 40.2. The highest BCUT2D eigenvalue weighted by molar-refractivity contribution is 7.89. The summed E-state index contributed by atoms with van der Waals surface area (Å²) in [7, 11) is -1.98. The number of nitrogens with two attached hydrogens (primary N) is 1. The van der Waals surface area contributed by atoms with Gasteiger partial charge in [0.05, 0.1) is 14.8 Å². The predicted molar refractivity (Wildman–Crippen MR) is 133 cm³/mol. The molecule has 0 spiro atoms. The lowest BCUT2D eigenvalue weighted by Gasteiger charge is -2.26. The van der Waals surface area contributed by atoms with Crippen molar-refractivity contribution >= 4 is 27.5 Å². The van der Waals surface area contributed by atoms with Gasteiger partial charge in [-0.2, -0.15) is 0 Å². The first-order chi connectivity index (χ1) is 16.0. The molecule has 2 aromatic rings. The molecule has 0 saturated heterocycles. The molecule has 1 aromatic carbocycles. The molecule has 0 bridgehead atoms. The van der Waals surface area contributed by atoms with E-state index in [-0.39, 0.29) is 16.9 Å². The van der Waals surface area contributed by atoms with Crippen molar-refractivity contribution < 1.29 is 22.7 Å². The molecule has 1 aliphatic carbocycles. The lowest BCUT2D eigenvalue weighted by molar-refractivity contribution is 0.0787. The molecule has 0 unspecified atom stereocenters. The van der Waals surface area contributed by atoms with Crippen molar-refractivity contribution in [3.8, 4) is 16.2 Å². The van der Waals surface area contributed by atoms with Crippen LogP contribution < -0.4 is 20.5 Å². The first-order valence-electron chi connectivity index (χ1n) is 11.4. The molecule has 34 heavy (non-hydrogen) atoms. The Kier molecular flexibility index (Phi) is 8.56. The third-order valence-corrected chi connectivity index (χ3v) is 8.39. The number of hydrogen-bond donors (Lipinski definition) is 3. The standard InChI is InChI=1S/C23H34N4O5S2/c1-23(2,3)27-34(29,30)20-13-17(31-12-11-25-4)9-10-18(20)19-14-26-21(33-19)15-5-7-16(8-6-15)32-22(24)28/h9-10,13-16,25,27H,5-8,11-12H2,1-4H3,(H2,24,28)/t15-,16-. The van der Waals surface area contributed by atoms with Crippen LogP contribution in [-0.2, 0) is 14.8 Å². The molecule has 9 nitrogen and oxygen atoms in total. The van der Waals surface area contributed by atoms with Gasteiger partial charge in [0.15, 0.2) is 0 Å². The number of likely N-dealkylation sites (N-methyl/N-ethyl adjacent to an activating group) is 1. The fourth-order valence-electron chi connectivity index (χ4n) is 3.94. The Labute approximate surface area is 205 Å². The van der Waals surface area contributed by atoms with Gasteiger partial charge < -0.3 is 20.5 Å². The minimum absolute atomic E-state index is 0.149. The number of ether oxygens (including phenoxy) is 2. The van der Waals surface area contributed by atoms with Gasteiger partial charge in [-0.15, -0.1) is 11.3 Å². The highest BCUT2D eigenvalue weighted by Crippen LogP contribution is 2.40. The molecule has 0 atom stereocenters. The number of hydrogen-bond acceptors (Lipinski definition) is 8. The van der Waals surface area contributed by atoms with Gasteiger partial charge in [-0.1, -0.05) is 0 Å². The number of sulfonamides is 1. The summed E-state index contributed by atoms with van der Waals surface area (Å²) in [5.74, 6) is 0.731. The Hall–Kier alpha value is -2.21. The second-order valence-electron chi connectivity index (χ2n) is 9.44. The quantitative estimate of drug-likeness (QED) is 0.439. The van der Waals surface area contributed by atoms with Gasteiger partial charge >= 0.3 is 6.09 Å². The number of rotatable bonds is 9. The lowest BCUT2D eigenvalue weighted by atomic mass is 9.88. The lowest BCUT2D eigenvalue weighted by Crippen LogP contribution is -2.40.